The van der Waals surface area contributed by atoms with Crippen molar-refractivity contribution >= 4 is 5.97 Å². The maximum Gasteiger partial charge on any atom is 0.307 e. The summed E-state index contributed by atoms with van der Waals surface area (Å²) in [7, 11) is 0. The SMILES string of the molecule is CC.CC1(C)C[C@](N)(O)CC[C@@H]1C(=O)O. The van der Waals surface area contributed by atoms with Gasteiger partial charge in [0.15, 0.2) is 0 Å². The van der Waals surface area contributed by atoms with E-state index in [9.17, 15) is 9.90 Å². The molecule has 15 heavy (non-hydrogen) atoms. The van der Waals surface area contributed by atoms with E-state index >= 15 is 0 Å². The smallest absolute Gasteiger partial charge is 0.307 e. The fraction of sp³-hybridized carbons (Fsp3) is 0.909. The van der Waals surface area contributed by atoms with Gasteiger partial charge in [-0.05, 0) is 24.7 Å². The van der Waals surface area contributed by atoms with E-state index in [0.29, 0.717) is 19.3 Å². The zero-order chi connectivity index (χ0) is 12.3. The van der Waals surface area contributed by atoms with Gasteiger partial charge in [0.25, 0.3) is 0 Å². The predicted molar refractivity (Wildman–Crippen MR) is 59.2 cm³/mol. The first kappa shape index (κ1) is 14.4. The summed E-state index contributed by atoms with van der Waals surface area (Å²) in [5.74, 6) is -1.18. The molecule has 1 aliphatic rings. The second-order valence-corrected chi connectivity index (χ2v) is 4.70. The lowest BCUT2D eigenvalue weighted by molar-refractivity contribution is -0.153. The summed E-state index contributed by atoms with van der Waals surface area (Å²) in [6.07, 6.45) is 1.17. The van der Waals surface area contributed by atoms with Gasteiger partial charge in [-0.2, -0.15) is 0 Å². The summed E-state index contributed by atoms with van der Waals surface area (Å²) >= 11 is 0. The van der Waals surface area contributed by atoms with Gasteiger partial charge in [-0.15, -0.1) is 0 Å². The van der Waals surface area contributed by atoms with Crippen molar-refractivity contribution in [2.45, 2.75) is 52.7 Å². The molecule has 0 heterocycles. The maximum atomic E-state index is 10.9. The standard InChI is InChI=1S/C9H17NO3.C2H6/c1-8(2)5-9(10,13)4-3-6(8)7(11)12;1-2/h6,13H,3-5,10H2,1-2H3,(H,11,12);1-2H3/t6-,9-;/m1./s1. The zero-order valence-electron chi connectivity index (χ0n) is 10.1. The lowest BCUT2D eigenvalue weighted by atomic mass is 9.66. The Hall–Kier alpha value is -0.610. The molecule has 0 aliphatic heterocycles. The van der Waals surface area contributed by atoms with E-state index in [-0.39, 0.29) is 0 Å². The van der Waals surface area contributed by atoms with E-state index in [4.69, 9.17) is 10.8 Å². The van der Waals surface area contributed by atoms with E-state index in [1.165, 1.54) is 0 Å². The van der Waals surface area contributed by atoms with E-state index in [1.54, 1.807) is 0 Å². The van der Waals surface area contributed by atoms with Crippen LogP contribution in [-0.2, 0) is 4.79 Å². The van der Waals surface area contributed by atoms with Gasteiger partial charge in [0.1, 0.15) is 5.72 Å². The molecule has 1 fully saturated rings. The zero-order valence-corrected chi connectivity index (χ0v) is 10.1. The lowest BCUT2D eigenvalue weighted by Crippen LogP contribution is -2.51. The highest BCUT2D eigenvalue weighted by atomic mass is 16.4. The molecule has 0 aromatic rings. The predicted octanol–water partition coefficient (Wildman–Crippen LogP) is 1.57. The molecule has 0 aromatic carbocycles. The van der Waals surface area contributed by atoms with Crippen LogP contribution in [0.15, 0.2) is 0 Å². The Kier molecular flexibility index (Phi) is 4.74. The van der Waals surface area contributed by atoms with Crippen LogP contribution >= 0.6 is 0 Å². The topological polar surface area (TPSA) is 83.5 Å². The first-order chi connectivity index (χ1) is 6.75. The molecule has 1 aliphatic carbocycles. The van der Waals surface area contributed by atoms with Gasteiger partial charge in [0.2, 0.25) is 0 Å². The molecular formula is C11H23NO3. The number of aliphatic carboxylic acids is 1. The molecule has 1 saturated carbocycles. The van der Waals surface area contributed by atoms with Crippen LogP contribution in [0.3, 0.4) is 0 Å². The van der Waals surface area contributed by atoms with Crippen molar-refractivity contribution in [3.05, 3.63) is 0 Å². The van der Waals surface area contributed by atoms with Gasteiger partial charge >= 0.3 is 5.97 Å². The Bertz CT molecular complexity index is 224. The molecule has 1 rings (SSSR count). The number of carboxylic acids is 1. The Balaban J connectivity index is 0.000000921. The molecule has 0 unspecified atom stereocenters. The van der Waals surface area contributed by atoms with Crippen LogP contribution in [0, 0.1) is 11.3 Å². The average Bonchev–Trinajstić information content (AvgIpc) is 2.02. The molecular weight excluding hydrogens is 194 g/mol. The minimum Gasteiger partial charge on any atom is -0.481 e. The Labute approximate surface area is 91.5 Å². The number of hydrogen-bond donors (Lipinski definition) is 3. The molecule has 4 N–H and O–H groups in total. The van der Waals surface area contributed by atoms with Gasteiger partial charge in [-0.25, -0.2) is 0 Å². The van der Waals surface area contributed by atoms with E-state index in [2.05, 4.69) is 0 Å². The fourth-order valence-corrected chi connectivity index (χ4v) is 2.24. The minimum atomic E-state index is -1.19. The highest BCUT2D eigenvalue weighted by Gasteiger charge is 2.45. The fourth-order valence-electron chi connectivity index (χ4n) is 2.24. The summed E-state index contributed by atoms with van der Waals surface area (Å²) in [6.45, 7) is 7.67. The van der Waals surface area contributed by atoms with Crippen LogP contribution in [0.5, 0.6) is 0 Å². The van der Waals surface area contributed by atoms with E-state index in [0.717, 1.165) is 0 Å². The molecule has 90 valence electrons. The molecule has 2 atom stereocenters. The number of rotatable bonds is 1. The Morgan fingerprint density at radius 2 is 1.87 bits per heavy atom. The quantitative estimate of drug-likeness (QED) is 0.582. The first-order valence-corrected chi connectivity index (χ1v) is 5.49. The summed E-state index contributed by atoms with van der Waals surface area (Å²) < 4.78 is 0. The van der Waals surface area contributed by atoms with Crippen molar-refractivity contribution in [1.29, 1.82) is 0 Å². The van der Waals surface area contributed by atoms with Crippen molar-refractivity contribution in [1.82, 2.24) is 0 Å². The molecule has 0 spiro atoms. The third kappa shape index (κ3) is 3.80. The van der Waals surface area contributed by atoms with Crippen LogP contribution in [0.2, 0.25) is 0 Å². The first-order valence-electron chi connectivity index (χ1n) is 5.49. The molecule has 4 heteroatoms. The van der Waals surface area contributed by atoms with Gasteiger partial charge in [-0.3, -0.25) is 4.79 Å². The van der Waals surface area contributed by atoms with Gasteiger partial charge < -0.3 is 15.9 Å². The van der Waals surface area contributed by atoms with Crippen molar-refractivity contribution in [2.75, 3.05) is 0 Å². The van der Waals surface area contributed by atoms with Crippen LogP contribution in [0.1, 0.15) is 47.0 Å². The molecule has 0 saturated heterocycles. The summed E-state index contributed by atoms with van der Waals surface area (Å²) in [5.41, 5.74) is 3.97. The number of carbonyl (C=O) groups is 1. The van der Waals surface area contributed by atoms with Crippen LogP contribution < -0.4 is 5.73 Å². The lowest BCUT2D eigenvalue weighted by Gasteiger charge is -2.43. The van der Waals surface area contributed by atoms with Gasteiger partial charge in [-0.1, -0.05) is 27.7 Å². The second kappa shape index (κ2) is 4.94. The summed E-state index contributed by atoms with van der Waals surface area (Å²) in [6, 6.07) is 0. The van der Waals surface area contributed by atoms with Crippen LogP contribution in [0.25, 0.3) is 0 Å². The number of carboxylic acid groups (broad SMARTS) is 1. The van der Waals surface area contributed by atoms with E-state index in [1.807, 2.05) is 27.7 Å². The maximum absolute atomic E-state index is 10.9. The Morgan fingerprint density at radius 3 is 2.20 bits per heavy atom. The summed E-state index contributed by atoms with van der Waals surface area (Å²) in [4.78, 5) is 10.9. The van der Waals surface area contributed by atoms with Crippen molar-refractivity contribution in [3.8, 4) is 0 Å². The molecule has 0 bridgehead atoms. The third-order valence-corrected chi connectivity index (χ3v) is 2.87. The molecule has 0 amide bonds. The number of aliphatic hydroxyl groups is 1. The molecule has 4 nitrogen and oxygen atoms in total. The molecule has 0 aromatic heterocycles. The number of hydrogen-bond acceptors (Lipinski definition) is 3. The van der Waals surface area contributed by atoms with Crippen molar-refractivity contribution < 1.29 is 15.0 Å². The largest absolute Gasteiger partial charge is 0.481 e. The highest BCUT2D eigenvalue weighted by Crippen LogP contribution is 2.43. The minimum absolute atomic E-state index is 0.344. The monoisotopic (exact) mass is 217 g/mol. The van der Waals surface area contributed by atoms with Crippen LogP contribution in [0.4, 0.5) is 0 Å². The molecule has 0 radical (unpaired) electrons. The number of nitrogens with two attached hydrogens (primary N) is 1. The highest BCUT2D eigenvalue weighted by molar-refractivity contribution is 5.71. The van der Waals surface area contributed by atoms with Crippen molar-refractivity contribution in [2.24, 2.45) is 17.1 Å². The summed E-state index contributed by atoms with van der Waals surface area (Å²) in [5, 5.41) is 18.5. The van der Waals surface area contributed by atoms with Crippen molar-refractivity contribution in [3.63, 3.8) is 0 Å². The second-order valence-electron chi connectivity index (χ2n) is 4.70. The van der Waals surface area contributed by atoms with E-state index < -0.39 is 23.0 Å². The van der Waals surface area contributed by atoms with Crippen LogP contribution in [-0.4, -0.2) is 21.9 Å². The van der Waals surface area contributed by atoms with Gasteiger partial charge in [0, 0.05) is 0 Å². The third-order valence-electron chi connectivity index (χ3n) is 2.87. The normalized spacial score (nSPS) is 33.9. The average molecular weight is 217 g/mol. The van der Waals surface area contributed by atoms with Gasteiger partial charge in [0.05, 0.1) is 5.92 Å². The Morgan fingerprint density at radius 1 is 1.40 bits per heavy atom.